The van der Waals surface area contributed by atoms with Crippen molar-refractivity contribution in [1.82, 2.24) is 15.5 Å². The minimum atomic E-state index is -0.0917. The number of carbonyl (C=O) groups excluding carboxylic acids is 1. The molecule has 2 heterocycles. The van der Waals surface area contributed by atoms with Crippen LogP contribution in [0.2, 0.25) is 0 Å². The summed E-state index contributed by atoms with van der Waals surface area (Å²) >= 11 is 1.82. The molecule has 0 spiro atoms. The molecule has 4 nitrogen and oxygen atoms in total. The van der Waals surface area contributed by atoms with Gasteiger partial charge < -0.3 is 10.6 Å². The fraction of sp³-hybridized carbons (Fsp3) is 0.533. The molecule has 1 aromatic rings. The minimum Gasteiger partial charge on any atom is -0.338 e. The van der Waals surface area contributed by atoms with Crippen LogP contribution in [0.3, 0.4) is 0 Å². The van der Waals surface area contributed by atoms with Crippen LogP contribution in [-0.2, 0) is 6.54 Å². The summed E-state index contributed by atoms with van der Waals surface area (Å²) in [7, 11) is 0. The number of hydrogen-bond donors (Lipinski definition) is 2. The molecule has 0 aliphatic carbocycles. The lowest BCUT2D eigenvalue weighted by Crippen LogP contribution is -2.41. The Labute approximate surface area is 124 Å². The van der Waals surface area contributed by atoms with Crippen LogP contribution < -0.4 is 10.6 Å². The monoisotopic (exact) mass is 293 g/mol. The number of nitrogens with one attached hydrogen (secondary N) is 2. The molecule has 110 valence electrons. The number of piperidine rings is 1. The van der Waals surface area contributed by atoms with Crippen LogP contribution in [0.25, 0.3) is 0 Å². The molecule has 2 rings (SSSR count). The zero-order valence-electron chi connectivity index (χ0n) is 11.8. The number of carbonyl (C=O) groups is 1. The van der Waals surface area contributed by atoms with E-state index in [2.05, 4.69) is 39.6 Å². The summed E-state index contributed by atoms with van der Waals surface area (Å²) in [5.41, 5.74) is 0. The van der Waals surface area contributed by atoms with Gasteiger partial charge in [0.1, 0.15) is 0 Å². The predicted octanol–water partition coefficient (Wildman–Crippen LogP) is 2.45. The van der Waals surface area contributed by atoms with Gasteiger partial charge in [0, 0.05) is 24.5 Å². The van der Waals surface area contributed by atoms with Crippen LogP contribution in [0, 0.1) is 5.92 Å². The Bertz CT molecular complexity index is 411. The second kappa shape index (κ2) is 8.07. The molecule has 0 aromatic carbocycles. The van der Waals surface area contributed by atoms with Crippen molar-refractivity contribution in [2.24, 2.45) is 5.92 Å². The van der Waals surface area contributed by atoms with E-state index < -0.39 is 0 Å². The summed E-state index contributed by atoms with van der Waals surface area (Å²) in [6.07, 6.45) is 4.00. The quantitative estimate of drug-likeness (QED) is 0.791. The Kier molecular flexibility index (Phi) is 6.08. The molecule has 1 aliphatic heterocycles. The van der Waals surface area contributed by atoms with E-state index in [4.69, 9.17) is 0 Å². The Hall–Kier alpha value is -1.33. The molecule has 0 atom stereocenters. The molecule has 0 bridgehead atoms. The Balaban J connectivity index is 1.61. The molecular formula is C15H23N3OS. The van der Waals surface area contributed by atoms with E-state index in [9.17, 15) is 4.79 Å². The summed E-state index contributed by atoms with van der Waals surface area (Å²) in [4.78, 5) is 15.4. The number of rotatable bonds is 6. The smallest absolute Gasteiger partial charge is 0.315 e. The van der Waals surface area contributed by atoms with Gasteiger partial charge in [0.15, 0.2) is 0 Å². The first-order valence-corrected chi connectivity index (χ1v) is 8.03. The molecule has 1 fully saturated rings. The molecule has 2 amide bonds. The zero-order chi connectivity index (χ0) is 14.2. The van der Waals surface area contributed by atoms with Gasteiger partial charge in [-0.1, -0.05) is 12.1 Å². The maximum atomic E-state index is 11.4. The fourth-order valence-corrected chi connectivity index (χ4v) is 3.18. The average Bonchev–Trinajstić information content (AvgIpc) is 2.97. The highest BCUT2D eigenvalue weighted by molar-refractivity contribution is 7.09. The highest BCUT2D eigenvalue weighted by Crippen LogP contribution is 2.20. The molecule has 0 saturated carbocycles. The van der Waals surface area contributed by atoms with E-state index in [1.165, 1.54) is 4.88 Å². The summed E-state index contributed by atoms with van der Waals surface area (Å²) in [6, 6.07) is 4.21. The van der Waals surface area contributed by atoms with Crippen LogP contribution in [0.1, 0.15) is 17.7 Å². The van der Waals surface area contributed by atoms with Crippen molar-refractivity contribution in [3.05, 3.63) is 35.0 Å². The average molecular weight is 293 g/mol. The number of amides is 2. The molecule has 5 heteroatoms. The third-order valence-electron chi connectivity index (χ3n) is 3.62. The van der Waals surface area contributed by atoms with Crippen molar-refractivity contribution < 1.29 is 4.79 Å². The number of likely N-dealkylation sites (tertiary alicyclic amines) is 1. The summed E-state index contributed by atoms with van der Waals surface area (Å²) in [5.74, 6) is 0.601. The largest absolute Gasteiger partial charge is 0.338 e. The van der Waals surface area contributed by atoms with Gasteiger partial charge in [-0.3, -0.25) is 4.90 Å². The van der Waals surface area contributed by atoms with Gasteiger partial charge >= 0.3 is 6.03 Å². The number of hydrogen-bond acceptors (Lipinski definition) is 3. The van der Waals surface area contributed by atoms with E-state index in [-0.39, 0.29) is 6.03 Å². The van der Waals surface area contributed by atoms with Gasteiger partial charge in [0.05, 0.1) is 0 Å². The first-order chi connectivity index (χ1) is 9.78. The van der Waals surface area contributed by atoms with Gasteiger partial charge in [-0.05, 0) is 43.3 Å². The van der Waals surface area contributed by atoms with Gasteiger partial charge in [0.2, 0.25) is 0 Å². The first-order valence-electron chi connectivity index (χ1n) is 7.15. The number of urea groups is 1. The van der Waals surface area contributed by atoms with Crippen LogP contribution in [-0.4, -0.2) is 37.1 Å². The Morgan fingerprint density at radius 2 is 2.25 bits per heavy atom. The lowest BCUT2D eigenvalue weighted by atomic mass is 9.97. The predicted molar refractivity (Wildman–Crippen MR) is 83.9 cm³/mol. The Morgan fingerprint density at radius 3 is 2.90 bits per heavy atom. The normalized spacial score (nSPS) is 16.8. The zero-order valence-corrected chi connectivity index (χ0v) is 12.6. The Morgan fingerprint density at radius 1 is 1.45 bits per heavy atom. The molecule has 0 radical (unpaired) electrons. The van der Waals surface area contributed by atoms with Crippen LogP contribution in [0.4, 0.5) is 4.79 Å². The van der Waals surface area contributed by atoms with Crippen molar-refractivity contribution in [2.45, 2.75) is 19.4 Å². The molecule has 1 aromatic heterocycles. The third-order valence-corrected chi connectivity index (χ3v) is 4.49. The summed E-state index contributed by atoms with van der Waals surface area (Å²) in [5, 5.41) is 7.80. The maximum absolute atomic E-state index is 11.4. The van der Waals surface area contributed by atoms with E-state index in [1.54, 1.807) is 6.08 Å². The summed E-state index contributed by atoms with van der Waals surface area (Å²) < 4.78 is 0. The van der Waals surface area contributed by atoms with Crippen LogP contribution >= 0.6 is 11.3 Å². The van der Waals surface area contributed by atoms with E-state index in [0.717, 1.165) is 39.0 Å². The van der Waals surface area contributed by atoms with Crippen molar-refractivity contribution in [3.63, 3.8) is 0 Å². The number of thiophene rings is 1. The van der Waals surface area contributed by atoms with Gasteiger partial charge in [-0.25, -0.2) is 4.79 Å². The summed E-state index contributed by atoms with van der Waals surface area (Å²) in [6.45, 7) is 8.18. The first kappa shape index (κ1) is 15.1. The lowest BCUT2D eigenvalue weighted by molar-refractivity contribution is 0.176. The maximum Gasteiger partial charge on any atom is 0.315 e. The second-order valence-corrected chi connectivity index (χ2v) is 6.21. The molecular weight excluding hydrogens is 270 g/mol. The van der Waals surface area contributed by atoms with E-state index >= 15 is 0 Å². The van der Waals surface area contributed by atoms with Crippen molar-refractivity contribution in [2.75, 3.05) is 26.2 Å². The van der Waals surface area contributed by atoms with Crippen LogP contribution in [0.5, 0.6) is 0 Å². The molecule has 20 heavy (non-hydrogen) atoms. The topological polar surface area (TPSA) is 44.4 Å². The second-order valence-electron chi connectivity index (χ2n) is 5.18. The standard InChI is InChI=1S/C15H23N3OS/c1-2-7-16-15(19)17-11-13-5-8-18(9-6-13)12-14-4-3-10-20-14/h2-4,10,13H,1,5-9,11-12H2,(H2,16,17,19). The fourth-order valence-electron chi connectivity index (χ4n) is 2.44. The molecule has 0 unspecified atom stereocenters. The lowest BCUT2D eigenvalue weighted by Gasteiger charge is -2.31. The van der Waals surface area contributed by atoms with Crippen molar-refractivity contribution >= 4 is 17.4 Å². The van der Waals surface area contributed by atoms with Gasteiger partial charge in [-0.15, -0.1) is 17.9 Å². The van der Waals surface area contributed by atoms with Gasteiger partial charge in [-0.2, -0.15) is 0 Å². The molecule has 1 aliphatic rings. The number of nitrogens with zero attached hydrogens (tertiary/aromatic N) is 1. The third kappa shape index (κ3) is 4.98. The van der Waals surface area contributed by atoms with Crippen molar-refractivity contribution in [1.29, 1.82) is 0 Å². The van der Waals surface area contributed by atoms with Crippen LogP contribution in [0.15, 0.2) is 30.2 Å². The molecule has 2 N–H and O–H groups in total. The van der Waals surface area contributed by atoms with Crippen molar-refractivity contribution in [3.8, 4) is 0 Å². The SMILES string of the molecule is C=CCNC(=O)NCC1CCN(Cc2cccs2)CC1. The van der Waals surface area contributed by atoms with E-state index in [0.29, 0.717) is 12.5 Å². The highest BCUT2D eigenvalue weighted by atomic mass is 32.1. The van der Waals surface area contributed by atoms with E-state index in [1.807, 2.05) is 11.3 Å². The molecule has 1 saturated heterocycles. The highest BCUT2D eigenvalue weighted by Gasteiger charge is 2.19. The van der Waals surface area contributed by atoms with Gasteiger partial charge in [0.25, 0.3) is 0 Å². The minimum absolute atomic E-state index is 0.0917.